The summed E-state index contributed by atoms with van der Waals surface area (Å²) in [4.78, 5) is 72.1. The summed E-state index contributed by atoms with van der Waals surface area (Å²) in [5.41, 5.74) is 1.06. The van der Waals surface area contributed by atoms with Crippen LogP contribution in [0.4, 0.5) is 0 Å². The normalized spacial score (nSPS) is 26.2. The number of nitrogens with zero attached hydrogens (tertiary/aromatic N) is 2. The van der Waals surface area contributed by atoms with Crippen molar-refractivity contribution in [3.8, 4) is 5.75 Å². The Hall–Kier alpha value is -3.93. The lowest BCUT2D eigenvalue weighted by atomic mass is 9.93. The van der Waals surface area contributed by atoms with Gasteiger partial charge in [0.15, 0.2) is 0 Å². The van der Waals surface area contributed by atoms with Gasteiger partial charge in [0.1, 0.15) is 29.6 Å². The Morgan fingerprint density at radius 2 is 1.95 bits per heavy atom. The Kier molecular flexibility index (Phi) is 7.18. The van der Waals surface area contributed by atoms with Gasteiger partial charge in [-0.25, -0.2) is 0 Å². The van der Waals surface area contributed by atoms with Gasteiger partial charge in [0.2, 0.25) is 11.7 Å². The Labute approximate surface area is 236 Å². The number of ether oxygens (including phenoxy) is 1. The molecule has 0 bridgehead atoms. The maximum Gasteiger partial charge on any atom is 0.289 e. The maximum absolute atomic E-state index is 13.9. The molecule has 0 unspecified atom stereocenters. The van der Waals surface area contributed by atoms with Crippen LogP contribution < -0.4 is 15.4 Å². The first kappa shape index (κ1) is 27.3. The van der Waals surface area contributed by atoms with Crippen LogP contribution in [0.15, 0.2) is 24.3 Å². The number of aliphatic hydroxyl groups excluding tert-OH is 1. The number of aromatic amines is 1. The van der Waals surface area contributed by atoms with Crippen LogP contribution in [-0.4, -0.2) is 100 Å². The average Bonchev–Trinajstić information content (AvgIpc) is 3.27. The third-order valence-corrected chi connectivity index (χ3v) is 8.94. The van der Waals surface area contributed by atoms with Gasteiger partial charge in [-0.2, -0.15) is 0 Å². The van der Waals surface area contributed by atoms with Gasteiger partial charge in [0, 0.05) is 36.6 Å². The zero-order chi connectivity index (χ0) is 28.8. The summed E-state index contributed by atoms with van der Waals surface area (Å²) in [6, 6.07) is 5.01. The molecule has 3 heterocycles. The van der Waals surface area contributed by atoms with E-state index in [4.69, 9.17) is 4.74 Å². The topological polar surface area (TPSA) is 161 Å². The number of ketones is 1. The van der Waals surface area contributed by atoms with Crippen LogP contribution in [0.3, 0.4) is 0 Å². The first-order chi connectivity index (χ1) is 19.7. The van der Waals surface area contributed by atoms with Crippen molar-refractivity contribution in [3.05, 3.63) is 30.0 Å². The molecule has 0 spiro atoms. The first-order valence-electron chi connectivity index (χ1n) is 14.3. The van der Waals surface area contributed by atoms with Gasteiger partial charge in [-0.3, -0.25) is 24.0 Å². The van der Waals surface area contributed by atoms with Crippen LogP contribution in [0, 0.1) is 11.8 Å². The van der Waals surface area contributed by atoms with Crippen molar-refractivity contribution in [2.45, 2.75) is 62.8 Å². The molecule has 12 nitrogen and oxygen atoms in total. The SMILES string of the molecule is COc1cccc2[nH]c(C(=O)N3C[C@@H]4CCC[C@@H]4[C@H]3C(=O)N[C@@H](CN3CC[C@H](O)C3=O)C(=O)C(=O)NC3CC3)cc12. The number of amides is 4. The third-order valence-electron chi connectivity index (χ3n) is 8.94. The molecule has 4 aliphatic rings. The summed E-state index contributed by atoms with van der Waals surface area (Å²) in [7, 11) is 1.56. The molecule has 2 aliphatic heterocycles. The highest BCUT2D eigenvalue weighted by Gasteiger charge is 2.50. The number of fused-ring (bicyclic) bond motifs is 2. The number of rotatable bonds is 9. The second-order valence-electron chi connectivity index (χ2n) is 11.6. The number of nitrogens with one attached hydrogen (secondary N) is 3. The van der Waals surface area contributed by atoms with Gasteiger partial charge in [-0.1, -0.05) is 12.5 Å². The fourth-order valence-electron chi connectivity index (χ4n) is 6.64. The molecule has 2 saturated carbocycles. The van der Waals surface area contributed by atoms with E-state index in [9.17, 15) is 29.1 Å². The molecule has 6 rings (SSSR count). The number of likely N-dealkylation sites (tertiary alicyclic amines) is 2. The molecule has 12 heteroatoms. The fourth-order valence-corrected chi connectivity index (χ4v) is 6.64. The summed E-state index contributed by atoms with van der Waals surface area (Å²) in [5, 5.41) is 16.1. The van der Waals surface area contributed by atoms with Crippen molar-refractivity contribution < 1.29 is 33.8 Å². The van der Waals surface area contributed by atoms with Crippen LogP contribution in [0.5, 0.6) is 5.75 Å². The number of methoxy groups -OCH3 is 1. The van der Waals surface area contributed by atoms with Gasteiger partial charge >= 0.3 is 0 Å². The molecule has 5 atom stereocenters. The largest absolute Gasteiger partial charge is 0.496 e. The van der Waals surface area contributed by atoms with Crippen molar-refractivity contribution in [2.75, 3.05) is 26.7 Å². The molecule has 218 valence electrons. The number of hydrogen-bond donors (Lipinski definition) is 4. The molecule has 1 aromatic heterocycles. The van der Waals surface area contributed by atoms with E-state index < -0.39 is 41.7 Å². The van der Waals surface area contributed by atoms with Gasteiger partial charge in [-0.15, -0.1) is 0 Å². The van der Waals surface area contributed by atoms with Crippen molar-refractivity contribution in [1.82, 2.24) is 25.4 Å². The van der Waals surface area contributed by atoms with Crippen LogP contribution in [0.25, 0.3) is 10.9 Å². The molecule has 4 N–H and O–H groups in total. The maximum atomic E-state index is 13.9. The Bertz CT molecular complexity index is 1400. The fraction of sp³-hybridized carbons (Fsp3) is 0.552. The highest BCUT2D eigenvalue weighted by Crippen LogP contribution is 2.43. The number of Topliss-reactive ketones (excluding diaryl/α,β-unsaturated/α-hetero) is 1. The monoisotopic (exact) mass is 565 g/mol. The number of aromatic nitrogens is 1. The summed E-state index contributed by atoms with van der Waals surface area (Å²) >= 11 is 0. The van der Waals surface area contributed by atoms with Gasteiger partial charge in [0.25, 0.3) is 17.7 Å². The highest BCUT2D eigenvalue weighted by atomic mass is 16.5. The summed E-state index contributed by atoms with van der Waals surface area (Å²) < 4.78 is 5.43. The average molecular weight is 566 g/mol. The Morgan fingerprint density at radius 3 is 2.66 bits per heavy atom. The van der Waals surface area contributed by atoms with Crippen molar-refractivity contribution in [2.24, 2.45) is 11.8 Å². The van der Waals surface area contributed by atoms with Crippen molar-refractivity contribution in [1.29, 1.82) is 0 Å². The summed E-state index contributed by atoms with van der Waals surface area (Å²) in [6.45, 7) is 0.396. The number of benzene rings is 1. The van der Waals surface area contributed by atoms with Gasteiger partial charge in [0.05, 0.1) is 7.11 Å². The molecule has 4 fully saturated rings. The predicted molar refractivity (Wildman–Crippen MR) is 146 cm³/mol. The lowest BCUT2D eigenvalue weighted by Crippen LogP contribution is -2.58. The Balaban J connectivity index is 1.25. The van der Waals surface area contributed by atoms with E-state index in [0.717, 1.165) is 43.0 Å². The standard InChI is InChI=1S/C29H35N5O7/c1-41-23-7-3-6-19-18(23)12-20(31-19)28(39)34-13-15-4-2-5-17(15)24(34)26(37)32-21(14-33-11-10-22(35)29(33)40)25(36)27(38)30-16-8-9-16/h3,6-7,12,15-17,21-22,24,31,35H,2,4-5,8-11,13-14H2,1H3,(H,30,38)(H,32,37)/t15-,17-,21-,22-,24-/m0/s1. The highest BCUT2D eigenvalue weighted by molar-refractivity contribution is 6.38. The van der Waals surface area contributed by atoms with E-state index in [1.165, 1.54) is 4.90 Å². The lowest BCUT2D eigenvalue weighted by molar-refractivity contribution is -0.142. The Morgan fingerprint density at radius 1 is 1.15 bits per heavy atom. The number of carbonyl (C=O) groups is 5. The van der Waals surface area contributed by atoms with E-state index >= 15 is 0 Å². The number of carbonyl (C=O) groups excluding carboxylic acids is 5. The summed E-state index contributed by atoms with van der Waals surface area (Å²) in [6.07, 6.45) is 3.22. The van der Waals surface area contributed by atoms with E-state index in [1.807, 2.05) is 18.2 Å². The molecule has 4 amide bonds. The van der Waals surface area contributed by atoms with Crippen LogP contribution in [-0.2, 0) is 19.2 Å². The van der Waals surface area contributed by atoms with E-state index in [-0.39, 0.29) is 43.3 Å². The zero-order valence-corrected chi connectivity index (χ0v) is 22.9. The molecular formula is C29H35N5O7. The minimum Gasteiger partial charge on any atom is -0.496 e. The molecule has 2 aliphatic carbocycles. The second-order valence-corrected chi connectivity index (χ2v) is 11.6. The van der Waals surface area contributed by atoms with Crippen LogP contribution in [0.1, 0.15) is 49.0 Å². The number of aliphatic hydroxyl groups is 1. The molecule has 2 saturated heterocycles. The van der Waals surface area contributed by atoms with Gasteiger partial charge < -0.3 is 35.3 Å². The van der Waals surface area contributed by atoms with E-state index in [0.29, 0.717) is 18.0 Å². The van der Waals surface area contributed by atoms with Crippen molar-refractivity contribution >= 4 is 40.3 Å². The second kappa shape index (κ2) is 10.8. The van der Waals surface area contributed by atoms with E-state index in [2.05, 4.69) is 15.6 Å². The molecule has 41 heavy (non-hydrogen) atoms. The number of H-pyrrole nitrogens is 1. The van der Waals surface area contributed by atoms with E-state index in [1.54, 1.807) is 18.1 Å². The predicted octanol–water partition coefficient (Wildman–Crippen LogP) is 0.343. The van der Waals surface area contributed by atoms with Crippen LogP contribution >= 0.6 is 0 Å². The van der Waals surface area contributed by atoms with Crippen molar-refractivity contribution in [3.63, 3.8) is 0 Å². The molecule has 2 aromatic rings. The smallest absolute Gasteiger partial charge is 0.289 e. The molecule has 0 radical (unpaired) electrons. The number of hydrogen-bond acceptors (Lipinski definition) is 7. The molecular weight excluding hydrogens is 530 g/mol. The molecule has 1 aromatic carbocycles. The third kappa shape index (κ3) is 5.16. The first-order valence-corrected chi connectivity index (χ1v) is 14.3. The minimum absolute atomic E-state index is 0.0600. The van der Waals surface area contributed by atoms with Crippen LogP contribution in [0.2, 0.25) is 0 Å². The zero-order valence-electron chi connectivity index (χ0n) is 22.9. The lowest BCUT2D eigenvalue weighted by Gasteiger charge is -2.30. The minimum atomic E-state index is -1.30. The van der Waals surface area contributed by atoms with Gasteiger partial charge in [-0.05, 0) is 62.1 Å². The summed E-state index contributed by atoms with van der Waals surface area (Å²) in [5.74, 6) is -2.35. The quantitative estimate of drug-likeness (QED) is 0.319.